The topological polar surface area (TPSA) is 12.0 Å². The Labute approximate surface area is 151 Å². The second-order valence-corrected chi connectivity index (χ2v) is 6.74. The van der Waals surface area contributed by atoms with Gasteiger partial charge in [-0.15, -0.1) is 0 Å². The summed E-state index contributed by atoms with van der Waals surface area (Å²) < 4.78 is 1.16. The van der Waals surface area contributed by atoms with Gasteiger partial charge in [-0.1, -0.05) is 71.1 Å². The van der Waals surface area contributed by atoms with Gasteiger partial charge in [0.05, 0.1) is 0 Å². The largest absolute Gasteiger partial charge is 0.356 e. The summed E-state index contributed by atoms with van der Waals surface area (Å²) in [4.78, 5) is 0. The van der Waals surface area contributed by atoms with E-state index in [1.54, 1.807) is 0 Å². The maximum absolute atomic E-state index is 3.50. The fourth-order valence-corrected chi connectivity index (χ4v) is 3.31. The molecular formula is C21H20IN. The van der Waals surface area contributed by atoms with Gasteiger partial charge in [0.15, 0.2) is 0 Å². The second-order valence-electron chi connectivity index (χ2n) is 5.66. The lowest BCUT2D eigenvalue weighted by molar-refractivity contribution is 1.18. The van der Waals surface area contributed by atoms with Crippen LogP contribution in [0.2, 0.25) is 0 Å². The zero-order valence-corrected chi connectivity index (χ0v) is 15.4. The number of nitrogens with one attached hydrogen (secondary N) is 1. The first kappa shape index (κ1) is 16.1. The highest BCUT2D eigenvalue weighted by Gasteiger charge is 2.02. The summed E-state index contributed by atoms with van der Waals surface area (Å²) in [6.45, 7) is 2.15. The van der Waals surface area contributed by atoms with E-state index in [1.165, 1.54) is 22.3 Å². The molecule has 0 bridgehead atoms. The Bertz CT molecular complexity index is 778. The first-order chi connectivity index (χ1) is 11.3. The fourth-order valence-electron chi connectivity index (χ4n) is 2.69. The predicted octanol–water partition coefficient (Wildman–Crippen LogP) is 6.38. The van der Waals surface area contributed by atoms with Crippen molar-refractivity contribution in [1.29, 1.82) is 0 Å². The number of halogens is 1. The van der Waals surface area contributed by atoms with E-state index in [0.717, 1.165) is 22.2 Å². The Balaban J connectivity index is 1.81. The SMILES string of the molecule is Cc1ccccc1-c1cccc(Nc2ccc(CCI)cc2)c1. The van der Waals surface area contributed by atoms with Crippen molar-refractivity contribution in [3.63, 3.8) is 0 Å². The third-order valence-electron chi connectivity index (χ3n) is 3.94. The van der Waals surface area contributed by atoms with Gasteiger partial charge in [0.2, 0.25) is 0 Å². The summed E-state index contributed by atoms with van der Waals surface area (Å²) >= 11 is 2.41. The summed E-state index contributed by atoms with van der Waals surface area (Å²) in [7, 11) is 0. The summed E-state index contributed by atoms with van der Waals surface area (Å²) in [5.74, 6) is 0. The van der Waals surface area contributed by atoms with Gasteiger partial charge in [-0.05, 0) is 59.9 Å². The minimum Gasteiger partial charge on any atom is -0.356 e. The highest BCUT2D eigenvalue weighted by molar-refractivity contribution is 14.1. The number of alkyl halides is 1. The Hall–Kier alpha value is -1.81. The van der Waals surface area contributed by atoms with E-state index in [-0.39, 0.29) is 0 Å². The standard InChI is InChI=1S/C21H20IN/c1-16-5-2-3-8-21(16)18-6-4-7-20(15-18)23-19-11-9-17(10-12-19)13-14-22/h2-12,15,23H,13-14H2,1H3. The van der Waals surface area contributed by atoms with E-state index >= 15 is 0 Å². The molecule has 0 unspecified atom stereocenters. The molecule has 23 heavy (non-hydrogen) atoms. The monoisotopic (exact) mass is 413 g/mol. The number of anilines is 2. The fraction of sp³-hybridized carbons (Fsp3) is 0.143. The lowest BCUT2D eigenvalue weighted by Gasteiger charge is -2.11. The Morgan fingerprint density at radius 1 is 0.826 bits per heavy atom. The highest BCUT2D eigenvalue weighted by atomic mass is 127. The minimum atomic E-state index is 1.12. The van der Waals surface area contributed by atoms with E-state index in [0.29, 0.717) is 0 Å². The molecule has 1 nitrogen and oxygen atoms in total. The molecule has 1 N–H and O–H groups in total. The molecule has 116 valence electrons. The predicted molar refractivity (Wildman–Crippen MR) is 109 cm³/mol. The molecule has 2 heteroatoms. The van der Waals surface area contributed by atoms with E-state index in [1.807, 2.05) is 0 Å². The molecule has 3 aromatic carbocycles. The molecule has 0 spiro atoms. The third kappa shape index (κ3) is 4.14. The second kappa shape index (κ2) is 7.64. The van der Waals surface area contributed by atoms with Gasteiger partial charge < -0.3 is 5.32 Å². The van der Waals surface area contributed by atoms with Crippen LogP contribution in [0.5, 0.6) is 0 Å². The third-order valence-corrected chi connectivity index (χ3v) is 4.48. The molecule has 0 radical (unpaired) electrons. The molecule has 0 fully saturated rings. The van der Waals surface area contributed by atoms with E-state index in [4.69, 9.17) is 0 Å². The van der Waals surface area contributed by atoms with Gasteiger partial charge in [-0.3, -0.25) is 0 Å². The maximum atomic E-state index is 3.50. The molecule has 0 saturated carbocycles. The normalized spacial score (nSPS) is 10.5. The zero-order valence-electron chi connectivity index (χ0n) is 13.2. The number of aryl methyl sites for hydroxylation is 2. The van der Waals surface area contributed by atoms with Crippen LogP contribution in [-0.2, 0) is 6.42 Å². The van der Waals surface area contributed by atoms with Crippen molar-refractivity contribution in [2.75, 3.05) is 9.74 Å². The van der Waals surface area contributed by atoms with E-state index < -0.39 is 0 Å². The molecular weight excluding hydrogens is 393 g/mol. The van der Waals surface area contributed by atoms with Crippen LogP contribution in [-0.4, -0.2) is 4.43 Å². The summed E-state index contributed by atoms with van der Waals surface area (Å²) in [6, 6.07) is 25.8. The molecule has 0 amide bonds. The number of hydrogen-bond donors (Lipinski definition) is 1. The van der Waals surface area contributed by atoms with Gasteiger partial charge in [-0.2, -0.15) is 0 Å². The molecule has 3 rings (SSSR count). The molecule has 0 saturated heterocycles. The first-order valence-electron chi connectivity index (χ1n) is 7.84. The van der Waals surface area contributed by atoms with Crippen LogP contribution >= 0.6 is 22.6 Å². The number of rotatable bonds is 5. The van der Waals surface area contributed by atoms with Crippen molar-refractivity contribution in [3.05, 3.63) is 83.9 Å². The summed E-state index contributed by atoms with van der Waals surface area (Å²) in [5.41, 5.74) is 7.46. The minimum absolute atomic E-state index is 1.12. The van der Waals surface area contributed by atoms with Crippen LogP contribution in [0, 0.1) is 6.92 Å². The lowest BCUT2D eigenvalue weighted by Crippen LogP contribution is -1.92. The summed E-state index contributed by atoms with van der Waals surface area (Å²) in [6.07, 6.45) is 1.13. The molecule has 0 aliphatic carbocycles. The molecule has 0 aliphatic heterocycles. The van der Waals surface area contributed by atoms with E-state index in [2.05, 4.69) is 108 Å². The van der Waals surface area contributed by atoms with Crippen LogP contribution in [0.3, 0.4) is 0 Å². The summed E-state index contributed by atoms with van der Waals surface area (Å²) in [5, 5.41) is 3.50. The first-order valence-corrected chi connectivity index (χ1v) is 9.37. The molecule has 0 atom stereocenters. The quantitative estimate of drug-likeness (QED) is 0.378. The Morgan fingerprint density at radius 3 is 2.35 bits per heavy atom. The van der Waals surface area contributed by atoms with Crippen molar-refractivity contribution in [1.82, 2.24) is 0 Å². The average Bonchev–Trinajstić information content (AvgIpc) is 2.58. The van der Waals surface area contributed by atoms with Gasteiger partial charge in [0, 0.05) is 15.8 Å². The van der Waals surface area contributed by atoms with Crippen LogP contribution in [0.25, 0.3) is 11.1 Å². The Kier molecular flexibility index (Phi) is 5.34. The van der Waals surface area contributed by atoms with Gasteiger partial charge >= 0.3 is 0 Å². The number of hydrogen-bond acceptors (Lipinski definition) is 1. The Morgan fingerprint density at radius 2 is 1.61 bits per heavy atom. The smallest absolute Gasteiger partial charge is 0.0390 e. The van der Waals surface area contributed by atoms with Crippen molar-refractivity contribution in [2.24, 2.45) is 0 Å². The highest BCUT2D eigenvalue weighted by Crippen LogP contribution is 2.27. The number of benzene rings is 3. The van der Waals surface area contributed by atoms with Crippen LogP contribution in [0.15, 0.2) is 72.8 Å². The van der Waals surface area contributed by atoms with Gasteiger partial charge in [-0.25, -0.2) is 0 Å². The van der Waals surface area contributed by atoms with Crippen molar-refractivity contribution in [2.45, 2.75) is 13.3 Å². The van der Waals surface area contributed by atoms with Crippen LogP contribution in [0.4, 0.5) is 11.4 Å². The van der Waals surface area contributed by atoms with Gasteiger partial charge in [0.25, 0.3) is 0 Å². The van der Waals surface area contributed by atoms with Gasteiger partial charge in [0.1, 0.15) is 0 Å². The van der Waals surface area contributed by atoms with Crippen molar-refractivity contribution in [3.8, 4) is 11.1 Å². The molecule has 0 aliphatic rings. The maximum Gasteiger partial charge on any atom is 0.0390 e. The van der Waals surface area contributed by atoms with E-state index in [9.17, 15) is 0 Å². The molecule has 0 heterocycles. The molecule has 0 aromatic heterocycles. The van der Waals surface area contributed by atoms with Crippen LogP contribution in [0.1, 0.15) is 11.1 Å². The van der Waals surface area contributed by atoms with Crippen molar-refractivity contribution < 1.29 is 0 Å². The average molecular weight is 413 g/mol. The van der Waals surface area contributed by atoms with Crippen molar-refractivity contribution >= 4 is 34.0 Å². The van der Waals surface area contributed by atoms with Crippen LogP contribution < -0.4 is 5.32 Å². The zero-order chi connectivity index (χ0) is 16.1. The molecule has 3 aromatic rings. The lowest BCUT2D eigenvalue weighted by atomic mass is 10.0.